The van der Waals surface area contributed by atoms with Gasteiger partial charge in [0, 0.05) is 56.7 Å². The summed E-state index contributed by atoms with van der Waals surface area (Å²) >= 11 is 0. The fourth-order valence-electron chi connectivity index (χ4n) is 3.64. The van der Waals surface area contributed by atoms with Crippen molar-refractivity contribution < 1.29 is 9.53 Å². The first-order chi connectivity index (χ1) is 12.3. The molecule has 1 aliphatic carbocycles. The molecule has 2 aromatic heterocycles. The fourth-order valence-corrected chi connectivity index (χ4v) is 3.64. The molecule has 0 aromatic carbocycles. The number of hydrogen-bond acceptors (Lipinski definition) is 4. The predicted octanol–water partition coefficient (Wildman–Crippen LogP) is 2.15. The minimum atomic E-state index is 0.0304. The standard InChI is InChI=1S/C18H25N5O2/c1-25-10-9-22-8-6-19-17(22)14-3-2-7-23(12-14)18(24)16-11-15(20-21-16)13-4-5-13/h6,8,11,13-14H,2-5,7,9-10,12H2,1H3,(H,20,21)/t14-/m0/s1. The lowest BCUT2D eigenvalue weighted by atomic mass is 9.96. The van der Waals surface area contributed by atoms with Crippen molar-refractivity contribution in [2.24, 2.45) is 0 Å². The topological polar surface area (TPSA) is 76.0 Å². The number of carbonyl (C=O) groups excluding carboxylic acids is 1. The summed E-state index contributed by atoms with van der Waals surface area (Å²) in [6.07, 6.45) is 8.28. The van der Waals surface area contributed by atoms with Crippen LogP contribution in [0.3, 0.4) is 0 Å². The molecule has 1 saturated heterocycles. The fraction of sp³-hybridized carbons (Fsp3) is 0.611. The number of amides is 1. The molecule has 0 spiro atoms. The molecular weight excluding hydrogens is 318 g/mol. The minimum absolute atomic E-state index is 0.0304. The van der Waals surface area contributed by atoms with E-state index in [-0.39, 0.29) is 11.8 Å². The van der Waals surface area contributed by atoms with E-state index < -0.39 is 0 Å². The molecule has 0 radical (unpaired) electrons. The number of hydrogen-bond donors (Lipinski definition) is 1. The summed E-state index contributed by atoms with van der Waals surface area (Å²) < 4.78 is 7.32. The van der Waals surface area contributed by atoms with E-state index >= 15 is 0 Å². The SMILES string of the molecule is COCCn1ccnc1[C@H]1CCCN(C(=O)c2cc(C3CC3)[nH]n2)C1. The highest BCUT2D eigenvalue weighted by Gasteiger charge is 2.31. The van der Waals surface area contributed by atoms with E-state index in [1.807, 2.05) is 23.4 Å². The van der Waals surface area contributed by atoms with Crippen molar-refractivity contribution in [1.29, 1.82) is 0 Å². The Kier molecular flexibility index (Phi) is 4.57. The highest BCUT2D eigenvalue weighted by Crippen LogP contribution is 2.39. The summed E-state index contributed by atoms with van der Waals surface area (Å²) in [7, 11) is 1.71. The predicted molar refractivity (Wildman–Crippen MR) is 92.5 cm³/mol. The van der Waals surface area contributed by atoms with Crippen LogP contribution in [0.15, 0.2) is 18.5 Å². The monoisotopic (exact) mass is 343 g/mol. The van der Waals surface area contributed by atoms with E-state index in [4.69, 9.17) is 4.74 Å². The Morgan fingerprint density at radius 1 is 1.36 bits per heavy atom. The van der Waals surface area contributed by atoms with Crippen LogP contribution in [0.5, 0.6) is 0 Å². The van der Waals surface area contributed by atoms with E-state index in [0.29, 0.717) is 24.8 Å². The largest absolute Gasteiger partial charge is 0.383 e. The lowest BCUT2D eigenvalue weighted by molar-refractivity contribution is 0.0696. The van der Waals surface area contributed by atoms with Gasteiger partial charge in [0.2, 0.25) is 0 Å². The molecule has 2 aliphatic rings. The Bertz CT molecular complexity index is 733. The second-order valence-corrected chi connectivity index (χ2v) is 7.04. The summed E-state index contributed by atoms with van der Waals surface area (Å²) in [6.45, 7) is 2.95. The number of H-pyrrole nitrogens is 1. The number of carbonyl (C=O) groups is 1. The molecule has 2 fully saturated rings. The Morgan fingerprint density at radius 2 is 2.24 bits per heavy atom. The van der Waals surface area contributed by atoms with Crippen molar-refractivity contribution in [1.82, 2.24) is 24.6 Å². The second kappa shape index (κ2) is 7.00. The van der Waals surface area contributed by atoms with Gasteiger partial charge in [-0.15, -0.1) is 0 Å². The third-order valence-corrected chi connectivity index (χ3v) is 5.19. The number of likely N-dealkylation sites (tertiary alicyclic amines) is 1. The molecule has 7 heteroatoms. The van der Waals surface area contributed by atoms with Gasteiger partial charge in [0.05, 0.1) is 6.61 Å². The van der Waals surface area contributed by atoms with Gasteiger partial charge in [-0.3, -0.25) is 9.89 Å². The van der Waals surface area contributed by atoms with E-state index in [1.54, 1.807) is 7.11 Å². The molecule has 0 unspecified atom stereocenters. The summed E-state index contributed by atoms with van der Waals surface area (Å²) in [4.78, 5) is 19.3. The number of piperidine rings is 1. The molecule has 4 rings (SSSR count). The Morgan fingerprint density at radius 3 is 3.04 bits per heavy atom. The van der Waals surface area contributed by atoms with E-state index in [0.717, 1.165) is 37.4 Å². The van der Waals surface area contributed by atoms with Gasteiger partial charge in [0.25, 0.3) is 5.91 Å². The van der Waals surface area contributed by atoms with Gasteiger partial charge in [-0.25, -0.2) is 4.98 Å². The van der Waals surface area contributed by atoms with Gasteiger partial charge >= 0.3 is 0 Å². The molecule has 1 aliphatic heterocycles. The Hall–Kier alpha value is -2.15. The number of ether oxygens (including phenoxy) is 1. The van der Waals surface area contributed by atoms with Gasteiger partial charge in [-0.1, -0.05) is 0 Å². The average molecular weight is 343 g/mol. The number of nitrogens with one attached hydrogen (secondary N) is 1. The van der Waals surface area contributed by atoms with Gasteiger partial charge in [-0.05, 0) is 31.7 Å². The summed E-state index contributed by atoms with van der Waals surface area (Å²) in [5, 5.41) is 7.28. The summed E-state index contributed by atoms with van der Waals surface area (Å²) in [5.74, 6) is 1.93. The van der Waals surface area contributed by atoms with Crippen molar-refractivity contribution in [3.8, 4) is 0 Å². The van der Waals surface area contributed by atoms with Crippen LogP contribution in [0.1, 0.15) is 59.5 Å². The zero-order chi connectivity index (χ0) is 17.2. The van der Waals surface area contributed by atoms with Crippen molar-refractivity contribution in [2.75, 3.05) is 26.8 Å². The van der Waals surface area contributed by atoms with Crippen molar-refractivity contribution in [2.45, 2.75) is 44.1 Å². The number of imidazole rings is 1. The van der Waals surface area contributed by atoms with E-state index in [2.05, 4.69) is 19.7 Å². The molecule has 134 valence electrons. The second-order valence-electron chi connectivity index (χ2n) is 7.04. The first-order valence-electron chi connectivity index (χ1n) is 9.11. The van der Waals surface area contributed by atoms with Gasteiger partial charge in [0.1, 0.15) is 11.5 Å². The minimum Gasteiger partial charge on any atom is -0.383 e. The van der Waals surface area contributed by atoms with Crippen molar-refractivity contribution in [3.05, 3.63) is 35.7 Å². The zero-order valence-corrected chi connectivity index (χ0v) is 14.6. The van der Waals surface area contributed by atoms with Crippen LogP contribution < -0.4 is 0 Å². The number of rotatable bonds is 6. The Balaban J connectivity index is 1.45. The van der Waals surface area contributed by atoms with Crippen LogP contribution in [-0.4, -0.2) is 57.4 Å². The zero-order valence-electron chi connectivity index (χ0n) is 14.6. The molecule has 3 heterocycles. The molecule has 7 nitrogen and oxygen atoms in total. The third kappa shape index (κ3) is 3.46. The first kappa shape index (κ1) is 16.3. The number of methoxy groups -OCH3 is 1. The lowest BCUT2D eigenvalue weighted by Crippen LogP contribution is -2.40. The summed E-state index contributed by atoms with van der Waals surface area (Å²) in [5.41, 5.74) is 1.65. The van der Waals surface area contributed by atoms with Crippen molar-refractivity contribution >= 4 is 5.91 Å². The number of aromatic amines is 1. The molecule has 1 N–H and O–H groups in total. The molecule has 2 aromatic rings. The normalized spacial score (nSPS) is 20.8. The van der Waals surface area contributed by atoms with Gasteiger partial charge in [-0.2, -0.15) is 5.10 Å². The molecule has 0 bridgehead atoms. The third-order valence-electron chi connectivity index (χ3n) is 5.19. The highest BCUT2D eigenvalue weighted by molar-refractivity contribution is 5.92. The van der Waals surface area contributed by atoms with Crippen molar-refractivity contribution in [3.63, 3.8) is 0 Å². The molecule has 1 saturated carbocycles. The molecule has 1 amide bonds. The summed E-state index contributed by atoms with van der Waals surface area (Å²) in [6, 6.07) is 1.93. The maximum Gasteiger partial charge on any atom is 0.274 e. The van der Waals surface area contributed by atoms with Crippen LogP contribution in [0, 0.1) is 0 Å². The molecule has 1 atom stereocenters. The average Bonchev–Trinajstić information content (AvgIpc) is 3.20. The van der Waals surface area contributed by atoms with Crippen LogP contribution in [0.4, 0.5) is 0 Å². The van der Waals surface area contributed by atoms with Crippen LogP contribution in [-0.2, 0) is 11.3 Å². The number of aromatic nitrogens is 4. The molecular formula is C18H25N5O2. The quantitative estimate of drug-likeness (QED) is 0.872. The first-order valence-corrected chi connectivity index (χ1v) is 9.11. The van der Waals surface area contributed by atoms with Gasteiger partial charge in [0.15, 0.2) is 0 Å². The van der Waals surface area contributed by atoms with Crippen LogP contribution in [0.2, 0.25) is 0 Å². The maximum atomic E-state index is 12.8. The number of nitrogens with zero attached hydrogens (tertiary/aromatic N) is 4. The van der Waals surface area contributed by atoms with Crippen LogP contribution >= 0.6 is 0 Å². The molecule has 25 heavy (non-hydrogen) atoms. The Labute approximate surface area is 147 Å². The highest BCUT2D eigenvalue weighted by atomic mass is 16.5. The smallest absolute Gasteiger partial charge is 0.274 e. The van der Waals surface area contributed by atoms with E-state index in [1.165, 1.54) is 12.8 Å². The van der Waals surface area contributed by atoms with Gasteiger partial charge < -0.3 is 14.2 Å². The maximum absolute atomic E-state index is 12.8. The lowest BCUT2D eigenvalue weighted by Gasteiger charge is -2.32. The van der Waals surface area contributed by atoms with Crippen LogP contribution in [0.25, 0.3) is 0 Å². The van der Waals surface area contributed by atoms with E-state index in [9.17, 15) is 4.79 Å².